The molecule has 33 heavy (non-hydrogen) atoms. The average Bonchev–Trinajstić information content (AvgIpc) is 2.96. The molecule has 10 heteroatoms. The number of anilines is 1. The van der Waals surface area contributed by atoms with Crippen molar-refractivity contribution in [3.63, 3.8) is 0 Å². The summed E-state index contributed by atoms with van der Waals surface area (Å²) in [5, 5.41) is 2.67. The van der Waals surface area contributed by atoms with Crippen LogP contribution in [0.3, 0.4) is 0 Å². The molecule has 1 fully saturated rings. The first kappa shape index (κ1) is 22.6. The van der Waals surface area contributed by atoms with Crippen LogP contribution in [0.2, 0.25) is 0 Å². The fraction of sp³-hybridized carbons (Fsp3) is 0.348. The van der Waals surface area contributed by atoms with E-state index in [9.17, 15) is 27.6 Å². The van der Waals surface area contributed by atoms with Gasteiger partial charge in [-0.05, 0) is 56.0 Å². The Balaban J connectivity index is 1.53. The second-order valence-electron chi connectivity index (χ2n) is 8.30. The number of halogens is 3. The van der Waals surface area contributed by atoms with Crippen molar-refractivity contribution in [3.8, 4) is 5.75 Å². The highest BCUT2D eigenvalue weighted by Gasteiger charge is 2.49. The molecule has 2 aromatic rings. The van der Waals surface area contributed by atoms with Gasteiger partial charge >= 0.3 is 12.4 Å². The molecule has 1 atom stereocenters. The molecule has 0 radical (unpaired) electrons. The van der Waals surface area contributed by atoms with Crippen molar-refractivity contribution in [2.75, 3.05) is 18.0 Å². The van der Waals surface area contributed by atoms with Gasteiger partial charge in [0.25, 0.3) is 5.91 Å². The van der Waals surface area contributed by atoms with Crippen LogP contribution in [0.15, 0.2) is 42.5 Å². The summed E-state index contributed by atoms with van der Waals surface area (Å²) in [5.41, 5.74) is 1.27. The van der Waals surface area contributed by atoms with Gasteiger partial charge in [-0.2, -0.15) is 0 Å². The number of hydrogen-bond donors (Lipinski definition) is 1. The van der Waals surface area contributed by atoms with Crippen LogP contribution in [0.1, 0.15) is 30.0 Å². The number of nitrogens with one attached hydrogen (secondary N) is 1. The number of imide groups is 1. The highest BCUT2D eigenvalue weighted by molar-refractivity contribution is 6.10. The molecule has 2 aromatic carbocycles. The maximum absolute atomic E-state index is 13.1. The molecule has 174 valence electrons. The number of benzene rings is 2. The highest BCUT2D eigenvalue weighted by Crippen LogP contribution is 2.34. The van der Waals surface area contributed by atoms with E-state index >= 15 is 0 Å². The molecule has 4 rings (SSSR count). The number of fused-ring (bicyclic) bond motifs is 1. The predicted molar refractivity (Wildman–Crippen MR) is 113 cm³/mol. The predicted octanol–water partition coefficient (Wildman–Crippen LogP) is 3.64. The van der Waals surface area contributed by atoms with E-state index in [2.05, 4.69) is 10.1 Å². The van der Waals surface area contributed by atoms with Gasteiger partial charge in [0.2, 0.25) is 5.91 Å². The summed E-state index contributed by atoms with van der Waals surface area (Å²) < 4.78 is 41.5. The van der Waals surface area contributed by atoms with Gasteiger partial charge in [-0.15, -0.1) is 13.2 Å². The van der Waals surface area contributed by atoms with Crippen molar-refractivity contribution < 1.29 is 32.3 Å². The molecule has 7 nitrogen and oxygen atoms in total. The van der Waals surface area contributed by atoms with Gasteiger partial charge in [0.05, 0.1) is 0 Å². The van der Waals surface area contributed by atoms with Crippen molar-refractivity contribution in [3.05, 3.63) is 59.2 Å². The second-order valence-corrected chi connectivity index (χ2v) is 8.30. The Hall–Kier alpha value is -3.56. The summed E-state index contributed by atoms with van der Waals surface area (Å²) in [7, 11) is 0. The molecule has 0 saturated carbocycles. The Morgan fingerprint density at radius 1 is 1.15 bits per heavy atom. The van der Waals surface area contributed by atoms with Gasteiger partial charge in [-0.3, -0.25) is 14.5 Å². The Morgan fingerprint density at radius 3 is 2.52 bits per heavy atom. The Morgan fingerprint density at radius 2 is 1.85 bits per heavy atom. The van der Waals surface area contributed by atoms with E-state index < -0.39 is 36.3 Å². The smallest absolute Gasteiger partial charge is 0.406 e. The molecule has 4 amide bonds. The van der Waals surface area contributed by atoms with E-state index in [0.29, 0.717) is 36.2 Å². The summed E-state index contributed by atoms with van der Waals surface area (Å²) in [6.07, 6.45) is -3.82. The van der Waals surface area contributed by atoms with Gasteiger partial charge in [0.1, 0.15) is 17.8 Å². The second kappa shape index (κ2) is 8.09. The first-order chi connectivity index (χ1) is 15.5. The molecule has 2 heterocycles. The number of nitrogens with zero attached hydrogens (tertiary/aromatic N) is 2. The van der Waals surface area contributed by atoms with Crippen LogP contribution in [-0.4, -0.2) is 42.2 Å². The zero-order chi connectivity index (χ0) is 24.0. The van der Waals surface area contributed by atoms with Crippen LogP contribution in [-0.2, 0) is 21.5 Å². The van der Waals surface area contributed by atoms with Crippen molar-refractivity contribution in [2.24, 2.45) is 0 Å². The van der Waals surface area contributed by atoms with E-state index in [1.54, 1.807) is 19.1 Å². The molecule has 0 aromatic heterocycles. The lowest BCUT2D eigenvalue weighted by Gasteiger charge is -2.31. The Kier molecular flexibility index (Phi) is 5.55. The van der Waals surface area contributed by atoms with Gasteiger partial charge in [-0.1, -0.05) is 29.8 Å². The van der Waals surface area contributed by atoms with E-state index in [1.807, 2.05) is 19.1 Å². The third-order valence-corrected chi connectivity index (χ3v) is 5.90. The number of rotatable bonds is 4. The molecular weight excluding hydrogens is 439 g/mol. The number of alkyl halides is 3. The molecule has 0 bridgehead atoms. The minimum Gasteiger partial charge on any atom is -0.406 e. The average molecular weight is 461 g/mol. The Labute approximate surface area is 188 Å². The summed E-state index contributed by atoms with van der Waals surface area (Å²) in [6.45, 7) is 3.33. The summed E-state index contributed by atoms with van der Waals surface area (Å²) in [6, 6.07) is 10.3. The fourth-order valence-corrected chi connectivity index (χ4v) is 4.17. The first-order valence-corrected chi connectivity index (χ1v) is 10.4. The number of urea groups is 1. The quantitative estimate of drug-likeness (QED) is 0.706. The molecule has 1 unspecified atom stereocenters. The van der Waals surface area contributed by atoms with Crippen LogP contribution in [0.4, 0.5) is 23.7 Å². The van der Waals surface area contributed by atoms with Crippen molar-refractivity contribution in [1.29, 1.82) is 0 Å². The minimum absolute atomic E-state index is 0.324. The summed E-state index contributed by atoms with van der Waals surface area (Å²) in [5.74, 6) is -1.41. The number of hydrogen-bond acceptors (Lipinski definition) is 4. The topological polar surface area (TPSA) is 79.0 Å². The number of carbonyl (C=O) groups excluding carboxylic acids is 3. The van der Waals surface area contributed by atoms with Gasteiger partial charge in [0.15, 0.2) is 0 Å². The summed E-state index contributed by atoms with van der Waals surface area (Å²) >= 11 is 0. The number of carbonyl (C=O) groups is 3. The normalized spacial score (nSPS) is 20.5. The fourth-order valence-electron chi connectivity index (χ4n) is 4.17. The lowest BCUT2D eigenvalue weighted by atomic mass is 9.91. The van der Waals surface area contributed by atoms with Gasteiger partial charge < -0.3 is 15.0 Å². The number of aryl methyl sites for hydroxylation is 2. The van der Waals surface area contributed by atoms with E-state index in [-0.39, 0.29) is 5.75 Å². The largest absolute Gasteiger partial charge is 0.573 e. The Bertz CT molecular complexity index is 1120. The lowest BCUT2D eigenvalue weighted by Crippen LogP contribution is -2.46. The minimum atomic E-state index is -4.81. The van der Waals surface area contributed by atoms with Crippen LogP contribution in [0.25, 0.3) is 0 Å². The number of ether oxygens (including phenoxy) is 1. The number of amides is 4. The zero-order valence-electron chi connectivity index (χ0n) is 18.0. The molecule has 2 aliphatic rings. The molecule has 2 aliphatic heterocycles. The van der Waals surface area contributed by atoms with E-state index in [4.69, 9.17) is 0 Å². The van der Waals surface area contributed by atoms with Crippen molar-refractivity contribution in [2.45, 2.75) is 38.6 Å². The molecule has 0 aliphatic carbocycles. The van der Waals surface area contributed by atoms with Crippen LogP contribution in [0.5, 0.6) is 5.75 Å². The van der Waals surface area contributed by atoms with Gasteiger partial charge in [0, 0.05) is 12.2 Å². The molecular formula is C23H22F3N3O4. The SMILES string of the molecule is Cc1ccc(C2(C)NC(=O)N(CC(=O)N3CCCc4cc(OC(F)(F)F)ccc43)C2=O)cc1. The van der Waals surface area contributed by atoms with Gasteiger partial charge in [-0.25, -0.2) is 4.79 Å². The van der Waals surface area contributed by atoms with E-state index in [0.717, 1.165) is 16.5 Å². The van der Waals surface area contributed by atoms with Crippen LogP contribution >= 0.6 is 0 Å². The van der Waals surface area contributed by atoms with Crippen molar-refractivity contribution in [1.82, 2.24) is 10.2 Å². The molecule has 0 spiro atoms. The first-order valence-electron chi connectivity index (χ1n) is 10.4. The third-order valence-electron chi connectivity index (χ3n) is 5.90. The van der Waals surface area contributed by atoms with Crippen molar-refractivity contribution >= 4 is 23.5 Å². The van der Waals surface area contributed by atoms with Crippen LogP contribution in [0, 0.1) is 6.92 Å². The third kappa shape index (κ3) is 4.37. The van der Waals surface area contributed by atoms with Crippen LogP contribution < -0.4 is 15.0 Å². The molecule has 1 N–H and O–H groups in total. The molecule has 1 saturated heterocycles. The van der Waals surface area contributed by atoms with E-state index in [1.165, 1.54) is 17.0 Å². The standard InChI is InChI=1S/C23H22F3N3O4/c1-14-5-7-16(8-6-14)22(2)20(31)29(21(32)27-22)13-19(30)28-11-3-4-15-12-17(9-10-18(15)28)33-23(24,25)26/h5-10,12H,3-4,11,13H2,1-2H3,(H,27,32). The summed E-state index contributed by atoms with van der Waals surface area (Å²) in [4.78, 5) is 41.0. The zero-order valence-corrected chi connectivity index (χ0v) is 18.0. The maximum atomic E-state index is 13.1. The maximum Gasteiger partial charge on any atom is 0.573 e. The highest BCUT2D eigenvalue weighted by atomic mass is 19.4. The lowest BCUT2D eigenvalue weighted by molar-refractivity contribution is -0.274. The monoisotopic (exact) mass is 461 g/mol.